The van der Waals surface area contributed by atoms with Crippen LogP contribution in [0.15, 0.2) is 12.1 Å². The number of anilines is 1. The molecule has 1 heterocycles. The highest BCUT2D eigenvalue weighted by atomic mass is 35.5. The number of hydrogen-bond donors (Lipinski definition) is 1. The maximum atomic E-state index is 12.1. The van der Waals surface area contributed by atoms with Crippen LogP contribution in [0.2, 0.25) is 5.02 Å². The molecule has 1 saturated heterocycles. The second kappa shape index (κ2) is 6.53. The van der Waals surface area contributed by atoms with Gasteiger partial charge in [-0.2, -0.15) is 0 Å². The van der Waals surface area contributed by atoms with Gasteiger partial charge in [-0.15, -0.1) is 0 Å². The van der Waals surface area contributed by atoms with Gasteiger partial charge >= 0.3 is 0 Å². The summed E-state index contributed by atoms with van der Waals surface area (Å²) in [4.78, 5) is 34.4. The van der Waals surface area contributed by atoms with Gasteiger partial charge in [0.15, 0.2) is 5.12 Å². The van der Waals surface area contributed by atoms with Crippen LogP contribution in [-0.2, 0) is 9.59 Å². The van der Waals surface area contributed by atoms with E-state index in [1.165, 1.54) is 17.9 Å². The van der Waals surface area contributed by atoms with Gasteiger partial charge < -0.3 is 10.0 Å². The molecule has 1 aromatic carbocycles. The van der Waals surface area contributed by atoms with Gasteiger partial charge in [0.2, 0.25) is 5.91 Å². The minimum Gasteiger partial charge on any atom is -0.505 e. The van der Waals surface area contributed by atoms with E-state index in [0.29, 0.717) is 12.3 Å². The Morgan fingerprint density at radius 3 is 2.86 bits per heavy atom. The van der Waals surface area contributed by atoms with E-state index in [0.717, 1.165) is 17.8 Å². The van der Waals surface area contributed by atoms with E-state index >= 15 is 0 Å². The van der Waals surface area contributed by atoms with Gasteiger partial charge in [-0.3, -0.25) is 19.7 Å². The van der Waals surface area contributed by atoms with E-state index in [1.807, 2.05) is 0 Å². The number of hydrogen-bond acceptors (Lipinski definition) is 6. The molecule has 118 valence electrons. The average Bonchev–Trinajstić information content (AvgIpc) is 2.79. The molecular weight excluding hydrogens is 332 g/mol. The van der Waals surface area contributed by atoms with Crippen molar-refractivity contribution < 1.29 is 19.6 Å². The lowest BCUT2D eigenvalue weighted by molar-refractivity contribution is -0.384. The van der Waals surface area contributed by atoms with Crippen molar-refractivity contribution in [3.05, 3.63) is 27.3 Å². The number of phenols is 1. The van der Waals surface area contributed by atoms with E-state index in [-0.39, 0.29) is 39.8 Å². The molecule has 0 aromatic heterocycles. The summed E-state index contributed by atoms with van der Waals surface area (Å²) in [5.41, 5.74) is -0.269. The van der Waals surface area contributed by atoms with Crippen LogP contribution in [-0.4, -0.2) is 33.3 Å². The number of halogens is 1. The topological polar surface area (TPSA) is 101 Å². The molecule has 1 aliphatic rings. The van der Waals surface area contributed by atoms with Crippen molar-refractivity contribution >= 4 is 45.8 Å². The summed E-state index contributed by atoms with van der Waals surface area (Å²) in [7, 11) is 0. The third kappa shape index (κ3) is 3.50. The smallest absolute Gasteiger partial charge is 0.291 e. The monoisotopic (exact) mass is 344 g/mol. The Morgan fingerprint density at radius 1 is 1.59 bits per heavy atom. The van der Waals surface area contributed by atoms with Gasteiger partial charge in [0, 0.05) is 25.6 Å². The Kier molecular flexibility index (Phi) is 4.92. The molecule has 0 saturated carbocycles. The minimum atomic E-state index is -0.704. The molecule has 1 aromatic rings. The maximum Gasteiger partial charge on any atom is 0.291 e. The van der Waals surface area contributed by atoms with E-state index < -0.39 is 10.6 Å². The summed E-state index contributed by atoms with van der Waals surface area (Å²) in [6, 6.07) is 2.15. The van der Waals surface area contributed by atoms with Crippen LogP contribution in [0.1, 0.15) is 13.3 Å². The third-order valence-electron chi connectivity index (χ3n) is 3.26. The summed E-state index contributed by atoms with van der Waals surface area (Å²) < 4.78 is 0. The van der Waals surface area contributed by atoms with Crippen molar-refractivity contribution in [3.8, 4) is 5.75 Å². The third-order valence-corrected chi connectivity index (χ3v) is 4.61. The molecule has 9 heteroatoms. The number of rotatable bonds is 4. The fraction of sp³-hybridized carbons (Fsp3) is 0.385. The van der Waals surface area contributed by atoms with Gasteiger partial charge in [0.05, 0.1) is 16.7 Å². The van der Waals surface area contributed by atoms with Gasteiger partial charge in [0.25, 0.3) is 5.69 Å². The number of nitro benzene ring substituents is 1. The van der Waals surface area contributed by atoms with Crippen molar-refractivity contribution in [2.75, 3.05) is 17.2 Å². The highest BCUT2D eigenvalue weighted by Crippen LogP contribution is 2.39. The number of thioether (sulfide) groups is 1. The molecule has 2 rings (SSSR count). The molecule has 22 heavy (non-hydrogen) atoms. The second-order valence-corrected chi connectivity index (χ2v) is 6.53. The first-order chi connectivity index (χ1) is 10.3. The number of phenolic OH excluding ortho intramolecular Hbond substituents is 1. The molecule has 0 radical (unpaired) electrons. The molecular formula is C13H13ClN2O5S. The first-order valence-electron chi connectivity index (χ1n) is 6.40. The quantitative estimate of drug-likeness (QED) is 0.665. The number of carbonyl (C=O) groups excluding carboxylic acids is 2. The number of carbonyl (C=O) groups is 2. The normalized spacial score (nSPS) is 17.8. The highest BCUT2D eigenvalue weighted by molar-refractivity contribution is 8.13. The lowest BCUT2D eigenvalue weighted by Gasteiger charge is -2.18. The Bertz CT molecular complexity index is 652. The number of nitro groups is 1. The van der Waals surface area contributed by atoms with Crippen molar-refractivity contribution in [2.45, 2.75) is 13.3 Å². The Balaban J connectivity index is 2.21. The van der Waals surface area contributed by atoms with Gasteiger partial charge in [-0.05, 0) is 12.0 Å². The highest BCUT2D eigenvalue weighted by Gasteiger charge is 2.33. The zero-order valence-corrected chi connectivity index (χ0v) is 13.2. The van der Waals surface area contributed by atoms with Crippen molar-refractivity contribution in [3.63, 3.8) is 0 Å². The Hall–Kier alpha value is -1.80. The van der Waals surface area contributed by atoms with Crippen molar-refractivity contribution in [1.29, 1.82) is 0 Å². The van der Waals surface area contributed by atoms with Crippen LogP contribution in [0.4, 0.5) is 11.4 Å². The van der Waals surface area contributed by atoms with E-state index in [2.05, 4.69) is 0 Å². The lowest BCUT2D eigenvalue weighted by Crippen LogP contribution is -2.25. The standard InChI is InChI=1S/C13H13ClN2O5S/c1-7(17)22-6-8-2-13(19)15(5-8)11-3-9(14)10(16(20)21)4-12(11)18/h3-4,8,18H,2,5-6H2,1H3. The predicted molar refractivity (Wildman–Crippen MR) is 83.4 cm³/mol. The first-order valence-corrected chi connectivity index (χ1v) is 7.76. The fourth-order valence-electron chi connectivity index (χ4n) is 2.26. The molecule has 0 bridgehead atoms. The van der Waals surface area contributed by atoms with Crippen LogP contribution >= 0.6 is 23.4 Å². The molecule has 1 amide bonds. The van der Waals surface area contributed by atoms with Gasteiger partial charge in [0.1, 0.15) is 10.8 Å². The zero-order chi connectivity index (χ0) is 16.4. The van der Waals surface area contributed by atoms with Gasteiger partial charge in [-0.25, -0.2) is 0 Å². The molecule has 0 aliphatic carbocycles. The molecule has 0 spiro atoms. The van der Waals surface area contributed by atoms with Crippen molar-refractivity contribution in [1.82, 2.24) is 0 Å². The van der Waals surface area contributed by atoms with Crippen LogP contribution in [0.5, 0.6) is 5.75 Å². The van der Waals surface area contributed by atoms with Crippen molar-refractivity contribution in [2.24, 2.45) is 5.92 Å². The Morgan fingerprint density at radius 2 is 2.27 bits per heavy atom. The molecule has 1 fully saturated rings. The second-order valence-electron chi connectivity index (χ2n) is 4.93. The van der Waals surface area contributed by atoms with E-state index in [1.54, 1.807) is 0 Å². The summed E-state index contributed by atoms with van der Waals surface area (Å²) in [5.74, 6) is -0.0903. The van der Waals surface area contributed by atoms with Gasteiger partial charge in [-0.1, -0.05) is 23.4 Å². The molecule has 1 N–H and O–H groups in total. The maximum absolute atomic E-state index is 12.1. The van der Waals surface area contributed by atoms with E-state index in [4.69, 9.17) is 11.6 Å². The summed E-state index contributed by atoms with van der Waals surface area (Å²) in [6.45, 7) is 1.79. The zero-order valence-electron chi connectivity index (χ0n) is 11.6. The average molecular weight is 345 g/mol. The number of aromatic hydroxyl groups is 1. The molecule has 1 atom stereocenters. The summed E-state index contributed by atoms with van der Waals surface area (Å²) in [6.07, 6.45) is 0.258. The molecule has 1 aliphatic heterocycles. The molecule has 1 unspecified atom stereocenters. The Labute approximate surface area is 135 Å². The number of benzene rings is 1. The van der Waals surface area contributed by atoms with Crippen LogP contribution < -0.4 is 4.90 Å². The predicted octanol–water partition coefficient (Wildman–Crippen LogP) is 2.59. The summed E-state index contributed by atoms with van der Waals surface area (Å²) >= 11 is 6.97. The fourth-order valence-corrected chi connectivity index (χ4v) is 3.18. The number of amides is 1. The SMILES string of the molecule is CC(=O)SCC1CC(=O)N(c2cc(Cl)c([N+](=O)[O-])cc2O)C1. The van der Waals surface area contributed by atoms with Crippen LogP contribution in [0.3, 0.4) is 0 Å². The first kappa shape index (κ1) is 16.6. The molecule has 7 nitrogen and oxygen atoms in total. The van der Waals surface area contributed by atoms with Crippen LogP contribution in [0.25, 0.3) is 0 Å². The van der Waals surface area contributed by atoms with Crippen LogP contribution in [0, 0.1) is 16.0 Å². The van der Waals surface area contributed by atoms with E-state index in [9.17, 15) is 24.8 Å². The number of nitrogens with zero attached hydrogens (tertiary/aromatic N) is 2. The largest absolute Gasteiger partial charge is 0.505 e. The lowest BCUT2D eigenvalue weighted by atomic mass is 10.1. The summed E-state index contributed by atoms with van der Waals surface area (Å²) in [5, 5.41) is 20.5. The minimum absolute atomic E-state index is 0.0187.